The van der Waals surface area contributed by atoms with Gasteiger partial charge in [-0.2, -0.15) is 0 Å². The molecule has 1 atom stereocenters. The van der Waals surface area contributed by atoms with Gasteiger partial charge in [0, 0.05) is 25.9 Å². The highest BCUT2D eigenvalue weighted by Gasteiger charge is 2.39. The smallest absolute Gasteiger partial charge is 0.119 e. The molecule has 5 heteroatoms. The van der Waals surface area contributed by atoms with Crippen LogP contribution in [0.4, 0.5) is 0 Å². The molecule has 1 aliphatic rings. The Hall–Kier alpha value is -1.20. The quantitative estimate of drug-likeness (QED) is 0.853. The molecule has 0 aromatic heterocycles. The molecule has 1 aliphatic heterocycles. The van der Waals surface area contributed by atoms with Gasteiger partial charge in [0.1, 0.15) is 11.4 Å². The van der Waals surface area contributed by atoms with Gasteiger partial charge in [0.05, 0.1) is 7.11 Å². The molecule has 0 fully saturated rings. The van der Waals surface area contributed by atoms with Gasteiger partial charge in [-0.25, -0.2) is 0 Å². The van der Waals surface area contributed by atoms with Gasteiger partial charge >= 0.3 is 0 Å². The third-order valence-corrected chi connectivity index (χ3v) is 5.77. The van der Waals surface area contributed by atoms with Crippen LogP contribution < -0.4 is 4.74 Å². The SMILES string of the molecule is COc1ccc2c(c1)C(O)(CCCN(C)C)c1cc(Cl)ccc1S2. The summed E-state index contributed by atoms with van der Waals surface area (Å²) in [6, 6.07) is 11.7. The molecule has 2 aromatic carbocycles. The van der Waals surface area contributed by atoms with E-state index in [0.717, 1.165) is 39.6 Å². The van der Waals surface area contributed by atoms with Gasteiger partial charge in [-0.3, -0.25) is 0 Å². The largest absolute Gasteiger partial charge is 0.497 e. The highest BCUT2D eigenvalue weighted by Crippen LogP contribution is 2.51. The maximum absolute atomic E-state index is 11.7. The third kappa shape index (κ3) is 3.29. The first kappa shape index (κ1) is 17.6. The van der Waals surface area contributed by atoms with Crippen LogP contribution in [0, 0.1) is 0 Å². The summed E-state index contributed by atoms with van der Waals surface area (Å²) in [5.74, 6) is 0.755. The molecule has 2 aromatic rings. The molecule has 1 N–H and O–H groups in total. The van der Waals surface area contributed by atoms with Crippen LogP contribution in [0.1, 0.15) is 24.0 Å². The van der Waals surface area contributed by atoms with Gasteiger partial charge < -0.3 is 14.7 Å². The predicted molar refractivity (Wildman–Crippen MR) is 99.4 cm³/mol. The van der Waals surface area contributed by atoms with Crippen molar-refractivity contribution in [3.63, 3.8) is 0 Å². The second-order valence-corrected chi connectivity index (χ2v) is 7.89. The number of hydrogen-bond acceptors (Lipinski definition) is 4. The summed E-state index contributed by atoms with van der Waals surface area (Å²) < 4.78 is 5.37. The van der Waals surface area contributed by atoms with Crippen molar-refractivity contribution in [1.29, 1.82) is 0 Å². The molecule has 3 nitrogen and oxygen atoms in total. The van der Waals surface area contributed by atoms with Crippen LogP contribution in [0.3, 0.4) is 0 Å². The summed E-state index contributed by atoms with van der Waals surface area (Å²) in [6.07, 6.45) is 1.52. The number of nitrogens with zero attached hydrogens (tertiary/aromatic N) is 1. The summed E-state index contributed by atoms with van der Waals surface area (Å²) in [5.41, 5.74) is 0.741. The van der Waals surface area contributed by atoms with Gasteiger partial charge in [0.15, 0.2) is 0 Å². The van der Waals surface area contributed by atoms with E-state index in [9.17, 15) is 5.11 Å². The lowest BCUT2D eigenvalue weighted by atomic mass is 9.82. The molecule has 0 radical (unpaired) electrons. The van der Waals surface area contributed by atoms with E-state index in [2.05, 4.69) is 4.90 Å². The minimum atomic E-state index is -1.05. The van der Waals surface area contributed by atoms with Gasteiger partial charge in [-0.15, -0.1) is 0 Å². The van der Waals surface area contributed by atoms with Crippen LogP contribution in [0.5, 0.6) is 5.75 Å². The van der Waals surface area contributed by atoms with E-state index in [-0.39, 0.29) is 0 Å². The minimum Gasteiger partial charge on any atom is -0.497 e. The minimum absolute atomic E-state index is 0.638. The number of rotatable bonds is 5. The fraction of sp³-hybridized carbons (Fsp3) is 0.368. The van der Waals surface area contributed by atoms with Crippen molar-refractivity contribution in [3.8, 4) is 5.75 Å². The van der Waals surface area contributed by atoms with E-state index in [4.69, 9.17) is 16.3 Å². The number of ether oxygens (including phenoxy) is 1. The maximum atomic E-state index is 11.7. The first-order valence-corrected chi connectivity index (χ1v) is 9.17. The Morgan fingerprint density at radius 2 is 1.79 bits per heavy atom. The predicted octanol–water partition coefficient (Wildman–Crippen LogP) is 4.39. The van der Waals surface area contributed by atoms with E-state index < -0.39 is 5.60 Å². The van der Waals surface area contributed by atoms with Crippen molar-refractivity contribution in [2.24, 2.45) is 0 Å². The average Bonchev–Trinajstić information content (AvgIpc) is 2.55. The van der Waals surface area contributed by atoms with Crippen LogP contribution in [-0.2, 0) is 5.60 Å². The summed E-state index contributed by atoms with van der Waals surface area (Å²) in [4.78, 5) is 4.26. The number of halogens is 1. The first-order valence-electron chi connectivity index (χ1n) is 7.97. The Kier molecular flexibility index (Phi) is 5.11. The molecule has 0 spiro atoms. The summed E-state index contributed by atoms with van der Waals surface area (Å²) >= 11 is 7.89. The lowest BCUT2D eigenvalue weighted by molar-refractivity contribution is 0.0597. The van der Waals surface area contributed by atoms with Crippen molar-refractivity contribution in [1.82, 2.24) is 4.90 Å². The summed E-state index contributed by atoms with van der Waals surface area (Å²) in [7, 11) is 5.73. The standard InChI is InChI=1S/C19H22ClNO2S/c1-21(2)10-4-9-19(22)15-11-13(20)5-7-17(15)24-18-8-6-14(23-3)12-16(18)19/h5-8,11-12,22H,4,9-10H2,1-3H3. The Balaban J connectivity index is 2.08. The van der Waals surface area contributed by atoms with Gasteiger partial charge in [0.25, 0.3) is 0 Å². The number of benzene rings is 2. The van der Waals surface area contributed by atoms with Crippen molar-refractivity contribution in [2.75, 3.05) is 27.7 Å². The molecular formula is C19H22ClNO2S. The summed E-state index contributed by atoms with van der Waals surface area (Å²) in [5, 5.41) is 12.3. The second-order valence-electron chi connectivity index (χ2n) is 6.37. The van der Waals surface area contributed by atoms with Crippen molar-refractivity contribution in [3.05, 3.63) is 52.5 Å². The van der Waals surface area contributed by atoms with E-state index in [1.54, 1.807) is 18.9 Å². The second kappa shape index (κ2) is 6.96. The van der Waals surface area contributed by atoms with Gasteiger partial charge in [-0.1, -0.05) is 23.4 Å². The molecule has 3 rings (SSSR count). The Bertz CT molecular complexity index is 750. The number of methoxy groups -OCH3 is 1. The first-order chi connectivity index (χ1) is 11.4. The average molecular weight is 364 g/mol. The van der Waals surface area contributed by atoms with Crippen LogP contribution >= 0.6 is 23.4 Å². The van der Waals surface area contributed by atoms with E-state index in [1.165, 1.54) is 0 Å². The maximum Gasteiger partial charge on any atom is 0.119 e. The zero-order chi connectivity index (χ0) is 17.3. The zero-order valence-corrected chi connectivity index (χ0v) is 15.7. The topological polar surface area (TPSA) is 32.7 Å². The monoisotopic (exact) mass is 363 g/mol. The number of hydrogen-bond donors (Lipinski definition) is 1. The molecule has 1 heterocycles. The Morgan fingerprint density at radius 1 is 1.12 bits per heavy atom. The van der Waals surface area contributed by atoms with E-state index >= 15 is 0 Å². The molecule has 0 saturated heterocycles. The van der Waals surface area contributed by atoms with Crippen LogP contribution in [-0.4, -0.2) is 37.8 Å². The lowest BCUT2D eigenvalue weighted by Crippen LogP contribution is -2.32. The fourth-order valence-electron chi connectivity index (χ4n) is 3.15. The van der Waals surface area contributed by atoms with Crippen molar-refractivity contribution < 1.29 is 9.84 Å². The van der Waals surface area contributed by atoms with Crippen molar-refractivity contribution >= 4 is 23.4 Å². The normalized spacial score (nSPS) is 19.1. The molecule has 0 amide bonds. The van der Waals surface area contributed by atoms with Crippen LogP contribution in [0.15, 0.2) is 46.2 Å². The Morgan fingerprint density at radius 3 is 2.46 bits per heavy atom. The molecule has 0 aliphatic carbocycles. The highest BCUT2D eigenvalue weighted by atomic mass is 35.5. The van der Waals surface area contributed by atoms with Crippen LogP contribution in [0.25, 0.3) is 0 Å². The molecular weight excluding hydrogens is 342 g/mol. The van der Waals surface area contributed by atoms with E-state index in [0.29, 0.717) is 11.4 Å². The van der Waals surface area contributed by atoms with Gasteiger partial charge in [-0.05, 0) is 69.9 Å². The number of fused-ring (bicyclic) bond motifs is 2. The zero-order valence-electron chi connectivity index (χ0n) is 14.2. The molecule has 0 saturated carbocycles. The lowest BCUT2D eigenvalue weighted by Gasteiger charge is -2.37. The van der Waals surface area contributed by atoms with E-state index in [1.807, 2.05) is 50.5 Å². The Labute approximate surface area is 152 Å². The highest BCUT2D eigenvalue weighted by molar-refractivity contribution is 7.99. The van der Waals surface area contributed by atoms with Gasteiger partial charge in [0.2, 0.25) is 0 Å². The van der Waals surface area contributed by atoms with Crippen molar-refractivity contribution in [2.45, 2.75) is 28.2 Å². The van der Waals surface area contributed by atoms with Crippen LogP contribution in [0.2, 0.25) is 5.02 Å². The molecule has 0 bridgehead atoms. The fourth-order valence-corrected chi connectivity index (χ4v) is 4.50. The molecule has 24 heavy (non-hydrogen) atoms. The molecule has 128 valence electrons. The summed E-state index contributed by atoms with van der Waals surface area (Å²) in [6.45, 7) is 0.921. The molecule has 1 unspecified atom stereocenters. The number of aliphatic hydroxyl groups is 1. The third-order valence-electron chi connectivity index (χ3n) is 4.38.